The Kier molecular flexibility index (Phi) is 6.07. The van der Waals surface area contributed by atoms with Crippen LogP contribution in [0, 0.1) is 0 Å². The Bertz CT molecular complexity index is 374. The Morgan fingerprint density at radius 1 is 1.22 bits per heavy atom. The molecule has 0 aliphatic heterocycles. The Labute approximate surface area is 112 Å². The Balaban J connectivity index is 2.86. The monoisotopic (exact) mass is 274 g/mol. The first-order chi connectivity index (χ1) is 8.60. The number of ether oxygens (including phenoxy) is 2. The number of hydrogen-bond donors (Lipinski definition) is 0. The number of anilines is 1. The van der Waals surface area contributed by atoms with Gasteiger partial charge in [0.05, 0.1) is 6.61 Å². The molecule has 1 heterocycles. The molecule has 102 valence electrons. The molecule has 0 saturated carbocycles. The molecule has 1 aromatic rings. The number of hydrogen-bond acceptors (Lipinski definition) is 6. The minimum atomic E-state index is -0.141. The van der Waals surface area contributed by atoms with Gasteiger partial charge in [0.15, 0.2) is 0 Å². The first-order valence-electron chi connectivity index (χ1n) is 5.92. The number of nitrogens with zero attached hydrogens (tertiary/aromatic N) is 4. The van der Waals surface area contributed by atoms with Gasteiger partial charge in [0.2, 0.25) is 11.2 Å². The molecule has 6 nitrogen and oxygen atoms in total. The molecule has 7 heteroatoms. The Hall–Kier alpha value is -1.14. The van der Waals surface area contributed by atoms with Crippen LogP contribution < -0.4 is 9.64 Å². The van der Waals surface area contributed by atoms with E-state index in [2.05, 4.69) is 15.0 Å². The van der Waals surface area contributed by atoms with Gasteiger partial charge in [-0.2, -0.15) is 15.0 Å². The van der Waals surface area contributed by atoms with Gasteiger partial charge >= 0.3 is 6.01 Å². The standard InChI is InChI=1S/C11H19ClN4O2/c1-5-16(6-2)10-13-9(12)14-11(15-10)18-8(3)7-17-4/h8H,5-7H2,1-4H3. The lowest BCUT2D eigenvalue weighted by molar-refractivity contribution is 0.0854. The molecule has 0 fully saturated rings. The summed E-state index contributed by atoms with van der Waals surface area (Å²) in [4.78, 5) is 14.2. The van der Waals surface area contributed by atoms with E-state index < -0.39 is 0 Å². The van der Waals surface area contributed by atoms with Crippen molar-refractivity contribution in [2.45, 2.75) is 26.9 Å². The molecule has 0 spiro atoms. The number of rotatable bonds is 7. The molecule has 1 atom stereocenters. The summed E-state index contributed by atoms with van der Waals surface area (Å²) in [5, 5.41) is 0.131. The van der Waals surface area contributed by atoms with Gasteiger partial charge in [-0.15, -0.1) is 0 Å². The predicted molar refractivity (Wildman–Crippen MR) is 70.4 cm³/mol. The third-order valence-electron chi connectivity index (χ3n) is 2.33. The summed E-state index contributed by atoms with van der Waals surface area (Å²) >= 11 is 5.87. The molecule has 0 N–H and O–H groups in total. The van der Waals surface area contributed by atoms with Crippen LogP contribution in [0.4, 0.5) is 5.95 Å². The van der Waals surface area contributed by atoms with E-state index >= 15 is 0 Å². The van der Waals surface area contributed by atoms with E-state index in [0.717, 1.165) is 13.1 Å². The molecule has 1 unspecified atom stereocenters. The minimum absolute atomic E-state index is 0.131. The number of aromatic nitrogens is 3. The average Bonchev–Trinajstić information content (AvgIpc) is 2.30. The first kappa shape index (κ1) is 14.9. The SMILES string of the molecule is CCN(CC)c1nc(Cl)nc(OC(C)COC)n1. The summed E-state index contributed by atoms with van der Waals surface area (Å²) in [6, 6.07) is 0.224. The van der Waals surface area contributed by atoms with E-state index in [0.29, 0.717) is 12.6 Å². The summed E-state index contributed by atoms with van der Waals surface area (Å²) in [6.07, 6.45) is -0.141. The summed E-state index contributed by atoms with van der Waals surface area (Å²) in [6.45, 7) is 7.97. The third-order valence-corrected chi connectivity index (χ3v) is 2.50. The van der Waals surface area contributed by atoms with Gasteiger partial charge in [0, 0.05) is 20.2 Å². The Morgan fingerprint density at radius 3 is 2.44 bits per heavy atom. The van der Waals surface area contributed by atoms with E-state index in [1.54, 1.807) is 7.11 Å². The molecule has 0 aromatic carbocycles. The molecule has 1 rings (SSSR count). The predicted octanol–water partition coefficient (Wildman–Crippen LogP) is 1.78. The fraction of sp³-hybridized carbons (Fsp3) is 0.727. The highest BCUT2D eigenvalue weighted by Gasteiger charge is 2.13. The lowest BCUT2D eigenvalue weighted by Gasteiger charge is -2.19. The molecule has 0 aliphatic carbocycles. The van der Waals surface area contributed by atoms with Crippen molar-refractivity contribution >= 4 is 17.5 Å². The topological polar surface area (TPSA) is 60.4 Å². The van der Waals surface area contributed by atoms with E-state index in [9.17, 15) is 0 Å². The highest BCUT2D eigenvalue weighted by atomic mass is 35.5. The van der Waals surface area contributed by atoms with Gasteiger partial charge in [-0.3, -0.25) is 0 Å². The summed E-state index contributed by atoms with van der Waals surface area (Å²) in [7, 11) is 1.61. The van der Waals surface area contributed by atoms with Gasteiger partial charge in [0.1, 0.15) is 6.10 Å². The van der Waals surface area contributed by atoms with Crippen LogP contribution in [0.3, 0.4) is 0 Å². The molecule has 0 radical (unpaired) electrons. The summed E-state index contributed by atoms with van der Waals surface area (Å²) in [5.74, 6) is 0.527. The second-order valence-corrected chi connectivity index (χ2v) is 4.08. The first-order valence-corrected chi connectivity index (χ1v) is 6.30. The second-order valence-electron chi connectivity index (χ2n) is 3.74. The zero-order valence-corrected chi connectivity index (χ0v) is 11.9. The maximum Gasteiger partial charge on any atom is 0.322 e. The van der Waals surface area contributed by atoms with Crippen LogP contribution in [0.25, 0.3) is 0 Å². The van der Waals surface area contributed by atoms with Crippen LogP contribution in [-0.4, -0.2) is 47.9 Å². The molecule has 0 aliphatic rings. The van der Waals surface area contributed by atoms with Gasteiger partial charge in [-0.1, -0.05) is 0 Å². The fourth-order valence-electron chi connectivity index (χ4n) is 1.47. The molecule has 18 heavy (non-hydrogen) atoms. The van der Waals surface area contributed by atoms with E-state index in [1.807, 2.05) is 25.7 Å². The molecular formula is C11H19ClN4O2. The van der Waals surface area contributed by atoms with Crippen LogP contribution in [-0.2, 0) is 4.74 Å². The van der Waals surface area contributed by atoms with Gasteiger partial charge in [-0.25, -0.2) is 0 Å². The fourth-order valence-corrected chi connectivity index (χ4v) is 1.62. The average molecular weight is 275 g/mol. The third kappa shape index (κ3) is 4.27. The van der Waals surface area contributed by atoms with Gasteiger partial charge in [0.25, 0.3) is 0 Å². The van der Waals surface area contributed by atoms with Crippen molar-refractivity contribution < 1.29 is 9.47 Å². The van der Waals surface area contributed by atoms with Crippen molar-refractivity contribution in [3.8, 4) is 6.01 Å². The maximum atomic E-state index is 5.87. The van der Waals surface area contributed by atoms with E-state index in [4.69, 9.17) is 21.1 Å². The normalized spacial score (nSPS) is 12.3. The lowest BCUT2D eigenvalue weighted by Crippen LogP contribution is -2.25. The molecular weight excluding hydrogens is 256 g/mol. The van der Waals surface area contributed by atoms with Crippen LogP contribution in [0.15, 0.2) is 0 Å². The molecule has 0 amide bonds. The minimum Gasteiger partial charge on any atom is -0.458 e. The zero-order chi connectivity index (χ0) is 13.5. The van der Waals surface area contributed by atoms with Crippen molar-refractivity contribution in [2.75, 3.05) is 31.7 Å². The Morgan fingerprint density at radius 2 is 1.89 bits per heavy atom. The van der Waals surface area contributed by atoms with Crippen molar-refractivity contribution in [1.29, 1.82) is 0 Å². The summed E-state index contributed by atoms with van der Waals surface area (Å²) in [5.41, 5.74) is 0. The van der Waals surface area contributed by atoms with Crippen LogP contribution in [0.5, 0.6) is 6.01 Å². The van der Waals surface area contributed by atoms with E-state index in [-0.39, 0.29) is 17.4 Å². The maximum absolute atomic E-state index is 5.87. The van der Waals surface area contributed by atoms with Crippen LogP contribution >= 0.6 is 11.6 Å². The number of methoxy groups -OCH3 is 1. The molecule has 1 aromatic heterocycles. The smallest absolute Gasteiger partial charge is 0.322 e. The zero-order valence-electron chi connectivity index (χ0n) is 11.2. The highest BCUT2D eigenvalue weighted by molar-refractivity contribution is 6.28. The lowest BCUT2D eigenvalue weighted by atomic mass is 10.4. The highest BCUT2D eigenvalue weighted by Crippen LogP contribution is 2.15. The van der Waals surface area contributed by atoms with Gasteiger partial charge in [-0.05, 0) is 32.4 Å². The van der Waals surface area contributed by atoms with Gasteiger partial charge < -0.3 is 14.4 Å². The van der Waals surface area contributed by atoms with Crippen molar-refractivity contribution in [3.05, 3.63) is 5.28 Å². The summed E-state index contributed by atoms with van der Waals surface area (Å²) < 4.78 is 10.5. The van der Waals surface area contributed by atoms with Crippen molar-refractivity contribution in [2.24, 2.45) is 0 Å². The quantitative estimate of drug-likeness (QED) is 0.755. The largest absolute Gasteiger partial charge is 0.458 e. The molecule has 0 saturated heterocycles. The number of halogens is 1. The van der Waals surface area contributed by atoms with Crippen LogP contribution in [0.1, 0.15) is 20.8 Å². The molecule has 0 bridgehead atoms. The second kappa shape index (κ2) is 7.33. The van der Waals surface area contributed by atoms with E-state index in [1.165, 1.54) is 0 Å². The van der Waals surface area contributed by atoms with Crippen molar-refractivity contribution in [1.82, 2.24) is 15.0 Å². The van der Waals surface area contributed by atoms with Crippen molar-refractivity contribution in [3.63, 3.8) is 0 Å². The van der Waals surface area contributed by atoms with Crippen LogP contribution in [0.2, 0.25) is 5.28 Å².